The van der Waals surface area contributed by atoms with Crippen molar-refractivity contribution in [3.63, 3.8) is 0 Å². The SMILES string of the molecule is CCC(C)(C=O)c1ccc(C(C)(CC)c2ccc3c(c2)c2ccccc2n3-c2ccc3c(c2)C(C)(C)c2ccccc2-3)s1. The van der Waals surface area contributed by atoms with Crippen LogP contribution in [0.4, 0.5) is 0 Å². The van der Waals surface area contributed by atoms with E-state index < -0.39 is 5.41 Å². The lowest BCUT2D eigenvalue weighted by Crippen LogP contribution is -2.22. The number of carbonyl (C=O) groups is 1. The van der Waals surface area contributed by atoms with Crippen LogP contribution in [0.3, 0.4) is 0 Å². The second-order valence-electron chi connectivity index (χ2n) is 13.2. The van der Waals surface area contributed by atoms with E-state index in [1.165, 1.54) is 60.2 Å². The van der Waals surface area contributed by atoms with Crippen molar-refractivity contribution in [3.05, 3.63) is 124 Å². The van der Waals surface area contributed by atoms with E-state index in [-0.39, 0.29) is 10.8 Å². The average Bonchev–Trinajstić information content (AvgIpc) is 3.73. The molecule has 7 rings (SSSR count). The molecule has 0 fully saturated rings. The van der Waals surface area contributed by atoms with Crippen LogP contribution in [-0.2, 0) is 21.0 Å². The van der Waals surface area contributed by atoms with E-state index >= 15 is 0 Å². The highest BCUT2D eigenvalue weighted by atomic mass is 32.1. The average molecular weight is 582 g/mol. The van der Waals surface area contributed by atoms with Crippen LogP contribution in [0, 0.1) is 0 Å². The molecule has 1 aliphatic carbocycles. The normalized spacial score (nSPS) is 16.5. The van der Waals surface area contributed by atoms with Gasteiger partial charge in [0, 0.05) is 37.0 Å². The van der Waals surface area contributed by atoms with Crippen molar-refractivity contribution in [1.82, 2.24) is 4.57 Å². The maximum absolute atomic E-state index is 12.0. The van der Waals surface area contributed by atoms with E-state index in [1.807, 2.05) is 0 Å². The smallest absolute Gasteiger partial charge is 0.131 e. The van der Waals surface area contributed by atoms with Crippen LogP contribution < -0.4 is 0 Å². The molecule has 43 heavy (non-hydrogen) atoms. The van der Waals surface area contributed by atoms with Gasteiger partial charge in [0.2, 0.25) is 0 Å². The van der Waals surface area contributed by atoms with Crippen LogP contribution in [0.5, 0.6) is 0 Å². The first kappa shape index (κ1) is 27.9. The van der Waals surface area contributed by atoms with Crippen molar-refractivity contribution in [1.29, 1.82) is 0 Å². The van der Waals surface area contributed by atoms with Crippen molar-refractivity contribution < 1.29 is 4.79 Å². The third-order valence-corrected chi connectivity index (χ3v) is 12.2. The number of thiophene rings is 1. The topological polar surface area (TPSA) is 22.0 Å². The zero-order chi connectivity index (χ0) is 30.1. The molecule has 1 aliphatic rings. The standard InChI is InChI=1S/C40H39NOS/c1-7-39(5,25-42)36-21-22-37(43-36)40(6,8-2)26-17-20-35-31(23-26)30-14-10-12-16-34(30)41(35)27-18-19-29-28-13-9-11-15-32(28)38(3,4)33(29)24-27/h9-25H,7-8H2,1-6H3. The van der Waals surface area contributed by atoms with Crippen molar-refractivity contribution in [2.45, 2.75) is 70.6 Å². The van der Waals surface area contributed by atoms with E-state index in [4.69, 9.17) is 0 Å². The predicted octanol–water partition coefficient (Wildman–Crippen LogP) is 10.7. The van der Waals surface area contributed by atoms with Gasteiger partial charge in [-0.15, -0.1) is 11.3 Å². The summed E-state index contributed by atoms with van der Waals surface area (Å²) >= 11 is 1.80. The highest BCUT2D eigenvalue weighted by molar-refractivity contribution is 7.12. The molecule has 0 saturated heterocycles. The fourth-order valence-corrected chi connectivity index (χ4v) is 8.63. The van der Waals surface area contributed by atoms with Crippen molar-refractivity contribution in [3.8, 4) is 16.8 Å². The van der Waals surface area contributed by atoms with Gasteiger partial charge in [0.05, 0.1) is 16.4 Å². The van der Waals surface area contributed by atoms with Crippen LogP contribution in [0.1, 0.15) is 80.8 Å². The summed E-state index contributed by atoms with van der Waals surface area (Å²) in [5, 5.41) is 2.55. The number of aromatic nitrogens is 1. The number of para-hydroxylation sites is 1. The molecule has 2 unspecified atom stereocenters. The third-order valence-electron chi connectivity index (χ3n) is 10.5. The summed E-state index contributed by atoms with van der Waals surface area (Å²) < 4.78 is 2.44. The Morgan fingerprint density at radius 1 is 0.721 bits per heavy atom. The van der Waals surface area contributed by atoms with Crippen LogP contribution in [-0.4, -0.2) is 10.9 Å². The summed E-state index contributed by atoms with van der Waals surface area (Å²) in [5.41, 5.74) is 9.82. The third kappa shape index (κ3) is 3.94. The van der Waals surface area contributed by atoms with Crippen molar-refractivity contribution in [2.75, 3.05) is 0 Å². The first-order valence-electron chi connectivity index (χ1n) is 15.5. The lowest BCUT2D eigenvalue weighted by Gasteiger charge is -2.28. The minimum Gasteiger partial charge on any atom is -0.309 e. The van der Waals surface area contributed by atoms with Crippen LogP contribution in [0.25, 0.3) is 38.6 Å². The molecule has 2 aromatic heterocycles. The van der Waals surface area contributed by atoms with Crippen LogP contribution >= 0.6 is 11.3 Å². The lowest BCUT2D eigenvalue weighted by atomic mass is 9.78. The fraction of sp³-hybridized carbons (Fsp3) is 0.275. The molecule has 0 radical (unpaired) electrons. The van der Waals surface area contributed by atoms with Gasteiger partial charge in [0.1, 0.15) is 6.29 Å². The van der Waals surface area contributed by atoms with Gasteiger partial charge >= 0.3 is 0 Å². The Morgan fingerprint density at radius 3 is 2.19 bits per heavy atom. The van der Waals surface area contributed by atoms with Gasteiger partial charge in [-0.1, -0.05) is 89.2 Å². The second-order valence-corrected chi connectivity index (χ2v) is 14.3. The molecule has 4 aromatic carbocycles. The summed E-state index contributed by atoms with van der Waals surface area (Å²) in [6, 6.07) is 36.1. The Kier molecular flexibility index (Phi) is 6.34. The number of rotatable bonds is 7. The molecule has 216 valence electrons. The molecule has 0 amide bonds. The van der Waals surface area contributed by atoms with Gasteiger partial charge in [-0.05, 0) is 90.0 Å². The molecule has 0 aliphatic heterocycles. The van der Waals surface area contributed by atoms with E-state index in [2.05, 4.69) is 143 Å². The first-order valence-corrected chi connectivity index (χ1v) is 16.3. The molecule has 2 atom stereocenters. The maximum Gasteiger partial charge on any atom is 0.131 e. The Hall–Kier alpha value is -3.95. The number of benzene rings is 4. The highest BCUT2D eigenvalue weighted by Gasteiger charge is 2.36. The molecule has 6 aromatic rings. The van der Waals surface area contributed by atoms with Crippen LogP contribution in [0.15, 0.2) is 97.1 Å². The van der Waals surface area contributed by atoms with Gasteiger partial charge in [-0.3, -0.25) is 0 Å². The number of carbonyl (C=O) groups excluding carboxylic acids is 1. The number of hydrogen-bond acceptors (Lipinski definition) is 2. The molecule has 3 heteroatoms. The summed E-state index contributed by atoms with van der Waals surface area (Å²) in [6.45, 7) is 13.5. The van der Waals surface area contributed by atoms with E-state index in [0.29, 0.717) is 0 Å². The maximum atomic E-state index is 12.0. The second kappa shape index (κ2) is 9.79. The molecule has 0 bridgehead atoms. The molecular weight excluding hydrogens is 543 g/mol. The largest absolute Gasteiger partial charge is 0.309 e. The number of fused-ring (bicyclic) bond motifs is 6. The Morgan fingerprint density at radius 2 is 1.42 bits per heavy atom. The number of hydrogen-bond donors (Lipinski definition) is 0. The monoisotopic (exact) mass is 581 g/mol. The Labute approximate surface area is 259 Å². The summed E-state index contributed by atoms with van der Waals surface area (Å²) in [4.78, 5) is 14.5. The van der Waals surface area contributed by atoms with Gasteiger partial charge < -0.3 is 9.36 Å². The molecule has 0 saturated carbocycles. The van der Waals surface area contributed by atoms with E-state index in [9.17, 15) is 4.79 Å². The van der Waals surface area contributed by atoms with E-state index in [1.54, 1.807) is 11.3 Å². The minimum absolute atomic E-state index is 0.0476. The summed E-state index contributed by atoms with van der Waals surface area (Å²) in [7, 11) is 0. The minimum atomic E-state index is -0.430. The molecule has 2 heterocycles. The van der Waals surface area contributed by atoms with Crippen LogP contribution in [0.2, 0.25) is 0 Å². The quantitative estimate of drug-likeness (QED) is 0.172. The summed E-state index contributed by atoms with van der Waals surface area (Å²) in [6.07, 6.45) is 2.89. The van der Waals surface area contributed by atoms with Gasteiger partial charge in [-0.2, -0.15) is 0 Å². The van der Waals surface area contributed by atoms with Crippen molar-refractivity contribution >= 4 is 39.4 Å². The van der Waals surface area contributed by atoms with E-state index in [0.717, 1.165) is 24.0 Å². The molecule has 0 spiro atoms. The molecular formula is C40H39NOS. The zero-order valence-corrected chi connectivity index (χ0v) is 26.8. The van der Waals surface area contributed by atoms with Crippen molar-refractivity contribution in [2.24, 2.45) is 0 Å². The zero-order valence-electron chi connectivity index (χ0n) is 26.0. The Balaban J connectivity index is 1.39. The molecule has 0 N–H and O–H groups in total. The van der Waals surface area contributed by atoms with Gasteiger partial charge in [0.25, 0.3) is 0 Å². The Bertz CT molecular complexity index is 2040. The van der Waals surface area contributed by atoms with Gasteiger partial charge in [0.15, 0.2) is 0 Å². The predicted molar refractivity (Wildman–Crippen MR) is 183 cm³/mol. The highest BCUT2D eigenvalue weighted by Crippen LogP contribution is 2.50. The molecule has 2 nitrogen and oxygen atoms in total. The fourth-order valence-electron chi connectivity index (χ4n) is 7.20. The number of aldehydes is 1. The first-order chi connectivity index (χ1) is 20.7. The van der Waals surface area contributed by atoms with Gasteiger partial charge in [-0.25, -0.2) is 0 Å². The summed E-state index contributed by atoms with van der Waals surface area (Å²) in [5.74, 6) is 0. The lowest BCUT2D eigenvalue weighted by molar-refractivity contribution is -0.112. The number of nitrogens with zero attached hydrogens (tertiary/aromatic N) is 1.